The minimum Gasteiger partial charge on any atom is -0.455 e. The molecule has 262 valence electrons. The highest BCUT2D eigenvalue weighted by Gasteiger charge is 2.22. The fourth-order valence-corrected chi connectivity index (χ4v) is 8.57. The molecule has 0 N–H and O–H groups in total. The van der Waals surface area contributed by atoms with Gasteiger partial charge in [0, 0.05) is 33.4 Å². The van der Waals surface area contributed by atoms with Crippen molar-refractivity contribution < 1.29 is 4.42 Å². The van der Waals surface area contributed by atoms with Crippen LogP contribution in [0, 0.1) is 0 Å². The Kier molecular flexibility index (Phi) is 7.53. The maximum atomic E-state index is 6.77. The van der Waals surface area contributed by atoms with Crippen LogP contribution < -0.4 is 4.90 Å². The van der Waals surface area contributed by atoms with E-state index in [-0.39, 0.29) is 0 Å². The van der Waals surface area contributed by atoms with Gasteiger partial charge >= 0.3 is 0 Å². The smallest absolute Gasteiger partial charge is 0.143 e. The number of hydrogen-bond donors (Lipinski definition) is 0. The van der Waals surface area contributed by atoms with Crippen molar-refractivity contribution in [1.82, 2.24) is 0 Å². The van der Waals surface area contributed by atoms with E-state index in [4.69, 9.17) is 4.42 Å². The molecule has 0 fully saturated rings. The van der Waals surface area contributed by atoms with E-state index < -0.39 is 0 Å². The number of benzene rings is 10. The largest absolute Gasteiger partial charge is 0.455 e. The summed E-state index contributed by atoms with van der Waals surface area (Å²) in [4.78, 5) is 2.41. The molecule has 0 aliphatic rings. The number of anilines is 3. The highest BCUT2D eigenvalue weighted by Crippen LogP contribution is 2.47. The summed E-state index contributed by atoms with van der Waals surface area (Å²) in [5.41, 5.74) is 11.9. The molecule has 0 saturated heterocycles. The molecule has 0 amide bonds. The fourth-order valence-electron chi connectivity index (χ4n) is 8.57. The minimum atomic E-state index is 0.894. The average molecular weight is 714 g/mol. The molecule has 0 spiro atoms. The zero-order valence-corrected chi connectivity index (χ0v) is 30.6. The summed E-state index contributed by atoms with van der Waals surface area (Å²) in [6, 6.07) is 76.5. The predicted molar refractivity (Wildman–Crippen MR) is 237 cm³/mol. The van der Waals surface area contributed by atoms with Crippen molar-refractivity contribution in [2.75, 3.05) is 4.90 Å². The van der Waals surface area contributed by atoms with E-state index in [2.05, 4.69) is 211 Å². The quantitative estimate of drug-likeness (QED) is 0.160. The highest BCUT2D eigenvalue weighted by atomic mass is 16.3. The third-order valence-corrected chi connectivity index (χ3v) is 11.2. The van der Waals surface area contributed by atoms with E-state index in [9.17, 15) is 0 Å². The van der Waals surface area contributed by atoms with Crippen molar-refractivity contribution >= 4 is 71.3 Å². The lowest BCUT2D eigenvalue weighted by Crippen LogP contribution is -2.10. The van der Waals surface area contributed by atoms with Crippen molar-refractivity contribution in [3.05, 3.63) is 212 Å². The molecule has 0 unspecified atom stereocenters. The summed E-state index contributed by atoms with van der Waals surface area (Å²) < 4.78 is 6.77. The van der Waals surface area contributed by atoms with Crippen LogP contribution in [0.5, 0.6) is 0 Å². The van der Waals surface area contributed by atoms with Gasteiger partial charge in [0.2, 0.25) is 0 Å². The molecular formula is C54H35NO. The second-order valence-corrected chi connectivity index (χ2v) is 14.5. The monoisotopic (exact) mass is 713 g/mol. The van der Waals surface area contributed by atoms with Gasteiger partial charge in [0.1, 0.15) is 11.2 Å². The molecule has 1 aromatic heterocycles. The van der Waals surface area contributed by atoms with E-state index in [1.54, 1.807) is 0 Å². The molecule has 1 heterocycles. The Morgan fingerprint density at radius 2 is 0.893 bits per heavy atom. The molecule has 0 bridgehead atoms. The first-order valence-corrected chi connectivity index (χ1v) is 19.2. The minimum absolute atomic E-state index is 0.894. The average Bonchev–Trinajstić information content (AvgIpc) is 3.64. The highest BCUT2D eigenvalue weighted by molar-refractivity contribution is 6.19. The second kappa shape index (κ2) is 13.2. The summed E-state index contributed by atoms with van der Waals surface area (Å²) in [5.74, 6) is 0. The molecule has 0 aliphatic carbocycles. The third kappa shape index (κ3) is 5.34. The lowest BCUT2D eigenvalue weighted by molar-refractivity contribution is 0.670. The van der Waals surface area contributed by atoms with Gasteiger partial charge in [-0.1, -0.05) is 164 Å². The van der Waals surface area contributed by atoms with Crippen molar-refractivity contribution in [2.24, 2.45) is 0 Å². The van der Waals surface area contributed by atoms with Crippen LogP contribution in [0.2, 0.25) is 0 Å². The van der Waals surface area contributed by atoms with Crippen LogP contribution in [0.1, 0.15) is 0 Å². The number of fused-ring (bicyclic) bond motifs is 7. The lowest BCUT2D eigenvalue weighted by Gasteiger charge is -2.28. The zero-order valence-electron chi connectivity index (χ0n) is 30.6. The van der Waals surface area contributed by atoms with Crippen LogP contribution in [-0.4, -0.2) is 0 Å². The first kappa shape index (κ1) is 32.0. The maximum Gasteiger partial charge on any atom is 0.143 e. The summed E-state index contributed by atoms with van der Waals surface area (Å²) >= 11 is 0. The van der Waals surface area contributed by atoms with E-state index in [1.165, 1.54) is 38.1 Å². The van der Waals surface area contributed by atoms with Gasteiger partial charge in [0.05, 0.1) is 0 Å². The van der Waals surface area contributed by atoms with Gasteiger partial charge in [-0.2, -0.15) is 0 Å². The Balaban J connectivity index is 1.19. The van der Waals surface area contributed by atoms with E-state index >= 15 is 0 Å². The first-order chi connectivity index (χ1) is 27.8. The standard InChI is InChI=1S/C54H35NO/c1-3-14-36(15-4-1)40-20-13-21-42(32-40)55(43-29-28-39-27-26-38-18-7-9-22-45(38)49(39)34-43)44-30-31-48(50(35-44)37-16-5-2-6-17-37)53-46-23-10-8-19-41(46)33-51-47-24-11-12-25-52(47)56-54(51)53/h1-35H. The van der Waals surface area contributed by atoms with Crippen molar-refractivity contribution in [1.29, 1.82) is 0 Å². The van der Waals surface area contributed by atoms with Gasteiger partial charge in [-0.15, -0.1) is 0 Å². The summed E-state index contributed by atoms with van der Waals surface area (Å²) in [5, 5.41) is 9.53. The topological polar surface area (TPSA) is 16.4 Å². The van der Waals surface area contributed by atoms with E-state index in [0.29, 0.717) is 0 Å². The number of rotatable bonds is 6. The van der Waals surface area contributed by atoms with Crippen LogP contribution >= 0.6 is 0 Å². The third-order valence-electron chi connectivity index (χ3n) is 11.2. The Morgan fingerprint density at radius 3 is 1.71 bits per heavy atom. The fraction of sp³-hybridized carbons (Fsp3) is 0. The molecule has 2 nitrogen and oxygen atoms in total. The Morgan fingerprint density at radius 1 is 0.304 bits per heavy atom. The maximum absolute atomic E-state index is 6.77. The van der Waals surface area contributed by atoms with E-state index in [0.717, 1.165) is 66.6 Å². The van der Waals surface area contributed by atoms with Crippen molar-refractivity contribution in [3.8, 4) is 33.4 Å². The normalized spacial score (nSPS) is 11.6. The second-order valence-electron chi connectivity index (χ2n) is 14.5. The summed E-state index contributed by atoms with van der Waals surface area (Å²) in [6.45, 7) is 0. The lowest BCUT2D eigenvalue weighted by atomic mass is 9.89. The van der Waals surface area contributed by atoms with Crippen LogP contribution in [-0.2, 0) is 0 Å². The van der Waals surface area contributed by atoms with Crippen LogP contribution in [0.25, 0.3) is 87.6 Å². The molecule has 0 radical (unpaired) electrons. The molecule has 0 saturated carbocycles. The zero-order chi connectivity index (χ0) is 37.0. The Hall–Kier alpha value is -7.42. The SMILES string of the molecule is c1ccc(-c2cccc(N(c3ccc(-c4c5ccccc5cc5c4oc4ccccc45)c(-c4ccccc4)c3)c3ccc4ccc5ccccc5c4c3)c2)cc1. The van der Waals surface area contributed by atoms with Crippen LogP contribution in [0.3, 0.4) is 0 Å². The molecule has 0 atom stereocenters. The number of para-hydroxylation sites is 1. The Labute approximate surface area is 325 Å². The molecular weight excluding hydrogens is 679 g/mol. The van der Waals surface area contributed by atoms with Gasteiger partial charge in [-0.25, -0.2) is 0 Å². The number of furan rings is 1. The van der Waals surface area contributed by atoms with Crippen molar-refractivity contribution in [3.63, 3.8) is 0 Å². The van der Waals surface area contributed by atoms with Gasteiger partial charge in [-0.05, 0) is 109 Å². The van der Waals surface area contributed by atoms with Crippen LogP contribution in [0.4, 0.5) is 17.1 Å². The Bertz CT molecular complexity index is 3250. The van der Waals surface area contributed by atoms with Gasteiger partial charge in [-0.3, -0.25) is 0 Å². The number of hydrogen-bond acceptors (Lipinski definition) is 2. The van der Waals surface area contributed by atoms with Gasteiger partial charge < -0.3 is 9.32 Å². The molecule has 56 heavy (non-hydrogen) atoms. The van der Waals surface area contributed by atoms with E-state index in [1.807, 2.05) is 6.07 Å². The number of nitrogens with zero attached hydrogens (tertiary/aromatic N) is 1. The molecule has 2 heteroatoms. The molecule has 10 aromatic carbocycles. The first-order valence-electron chi connectivity index (χ1n) is 19.2. The van der Waals surface area contributed by atoms with Gasteiger partial charge in [0.25, 0.3) is 0 Å². The summed E-state index contributed by atoms with van der Waals surface area (Å²) in [7, 11) is 0. The molecule has 11 aromatic rings. The molecule has 0 aliphatic heterocycles. The van der Waals surface area contributed by atoms with Crippen LogP contribution in [0.15, 0.2) is 217 Å². The van der Waals surface area contributed by atoms with Gasteiger partial charge in [0.15, 0.2) is 0 Å². The predicted octanol–water partition coefficient (Wildman–Crippen LogP) is 15.5. The van der Waals surface area contributed by atoms with Crippen molar-refractivity contribution in [2.45, 2.75) is 0 Å². The summed E-state index contributed by atoms with van der Waals surface area (Å²) in [6.07, 6.45) is 0. The molecule has 11 rings (SSSR count).